The first-order chi connectivity index (χ1) is 10.2. The minimum atomic E-state index is -3.31. The van der Waals surface area contributed by atoms with Gasteiger partial charge in [-0.05, 0) is 43.5 Å². The van der Waals surface area contributed by atoms with E-state index in [1.165, 1.54) is 0 Å². The van der Waals surface area contributed by atoms with Crippen LogP contribution in [0, 0.1) is 5.92 Å². The molecular formula is C18H22O3S. The molecule has 3 nitrogen and oxygen atoms in total. The summed E-state index contributed by atoms with van der Waals surface area (Å²) in [6.07, 6.45) is 1.21. The van der Waals surface area contributed by atoms with Crippen LogP contribution in [0.2, 0.25) is 0 Å². The topological polar surface area (TPSA) is 51.2 Å². The summed E-state index contributed by atoms with van der Waals surface area (Å²) in [5.41, 5.74) is 1.01. The molecule has 2 rings (SSSR count). The van der Waals surface area contributed by atoms with Crippen LogP contribution in [0.5, 0.6) is 0 Å². The van der Waals surface area contributed by atoms with Gasteiger partial charge in [-0.15, -0.1) is 0 Å². The summed E-state index contributed by atoms with van der Waals surface area (Å²) in [6, 6.07) is 13.9. The second-order valence-electron chi connectivity index (χ2n) is 6.63. The molecule has 0 N–H and O–H groups in total. The Morgan fingerprint density at radius 3 is 2.32 bits per heavy atom. The number of rotatable bonds is 5. The number of carbonyl (C=O) groups excluding carboxylic acids is 1. The third-order valence-corrected chi connectivity index (χ3v) is 6.65. The lowest BCUT2D eigenvalue weighted by Gasteiger charge is -2.21. The van der Waals surface area contributed by atoms with Crippen LogP contribution in [0.1, 0.15) is 26.3 Å². The maximum Gasteiger partial charge on any atom is 0.155 e. The van der Waals surface area contributed by atoms with Gasteiger partial charge in [0.2, 0.25) is 0 Å². The van der Waals surface area contributed by atoms with Gasteiger partial charge in [0.1, 0.15) is 6.29 Å². The third-order valence-electron chi connectivity index (χ3n) is 3.92. The van der Waals surface area contributed by atoms with Crippen molar-refractivity contribution in [3.05, 3.63) is 48.0 Å². The van der Waals surface area contributed by atoms with Gasteiger partial charge < -0.3 is 4.79 Å². The Kier molecular flexibility index (Phi) is 4.71. The molecule has 0 spiro atoms. The zero-order valence-electron chi connectivity index (χ0n) is 13.2. The number of fused-ring (bicyclic) bond motifs is 1. The fourth-order valence-corrected chi connectivity index (χ4v) is 3.69. The summed E-state index contributed by atoms with van der Waals surface area (Å²) in [5, 5.41) is 2.17. The second kappa shape index (κ2) is 6.21. The lowest BCUT2D eigenvalue weighted by Crippen LogP contribution is -2.34. The molecule has 0 unspecified atom stereocenters. The molecule has 0 heterocycles. The number of hydrogen-bond acceptors (Lipinski definition) is 3. The molecule has 0 saturated heterocycles. The van der Waals surface area contributed by atoms with Gasteiger partial charge in [-0.25, -0.2) is 8.42 Å². The summed E-state index contributed by atoms with van der Waals surface area (Å²) >= 11 is 0. The zero-order chi connectivity index (χ0) is 16.4. The number of aldehydes is 1. The van der Waals surface area contributed by atoms with Crippen molar-refractivity contribution in [2.24, 2.45) is 5.92 Å². The molecule has 0 aliphatic carbocycles. The molecule has 0 radical (unpaired) electrons. The minimum absolute atomic E-state index is 0.108. The number of hydrogen-bond donors (Lipinski definition) is 0. The van der Waals surface area contributed by atoms with Gasteiger partial charge in [0.25, 0.3) is 0 Å². The maximum atomic E-state index is 12.3. The van der Waals surface area contributed by atoms with E-state index < -0.39 is 20.5 Å². The molecule has 0 saturated carbocycles. The molecule has 0 amide bonds. The number of carbonyl (C=O) groups is 1. The standard InChI is InChI=1S/C18H22O3S/c1-18(2,3)22(20,21)13-14(12-19)11-16-9-6-8-15-7-4-5-10-17(15)16/h4-10,12,14H,11,13H2,1-3H3/t14-/m1/s1. The van der Waals surface area contributed by atoms with Crippen molar-refractivity contribution < 1.29 is 13.2 Å². The van der Waals surface area contributed by atoms with E-state index in [0.717, 1.165) is 22.6 Å². The molecule has 1 atom stereocenters. The highest BCUT2D eigenvalue weighted by Gasteiger charge is 2.31. The first-order valence-corrected chi connectivity index (χ1v) is 9.04. The molecule has 0 aromatic heterocycles. The fourth-order valence-electron chi connectivity index (χ4n) is 2.43. The van der Waals surface area contributed by atoms with Gasteiger partial charge in [-0.3, -0.25) is 0 Å². The summed E-state index contributed by atoms with van der Waals surface area (Å²) < 4.78 is 23.8. The van der Waals surface area contributed by atoms with E-state index in [4.69, 9.17) is 0 Å². The van der Waals surface area contributed by atoms with Crippen LogP contribution in [0.3, 0.4) is 0 Å². The van der Waals surface area contributed by atoms with Crippen molar-refractivity contribution in [3.8, 4) is 0 Å². The minimum Gasteiger partial charge on any atom is -0.303 e. The first kappa shape index (κ1) is 16.7. The Hall–Kier alpha value is -1.68. The van der Waals surface area contributed by atoms with Crippen LogP contribution < -0.4 is 0 Å². The van der Waals surface area contributed by atoms with Gasteiger partial charge in [-0.1, -0.05) is 42.5 Å². The van der Waals surface area contributed by atoms with Crippen LogP contribution in [-0.2, 0) is 21.1 Å². The Balaban J connectivity index is 2.29. The third kappa shape index (κ3) is 3.55. The van der Waals surface area contributed by atoms with E-state index in [1.54, 1.807) is 20.8 Å². The van der Waals surface area contributed by atoms with E-state index in [9.17, 15) is 13.2 Å². The van der Waals surface area contributed by atoms with Gasteiger partial charge >= 0.3 is 0 Å². The lowest BCUT2D eigenvalue weighted by atomic mass is 9.97. The molecule has 4 heteroatoms. The van der Waals surface area contributed by atoms with Crippen LogP contribution >= 0.6 is 0 Å². The van der Waals surface area contributed by atoms with Crippen molar-refractivity contribution in [2.45, 2.75) is 31.9 Å². The SMILES string of the molecule is CC(C)(C)S(=O)(=O)C[C@@H](C=O)Cc1cccc2ccccc12. The van der Waals surface area contributed by atoms with Crippen molar-refractivity contribution in [1.29, 1.82) is 0 Å². The average molecular weight is 318 g/mol. The van der Waals surface area contributed by atoms with E-state index in [-0.39, 0.29) is 5.75 Å². The van der Waals surface area contributed by atoms with Gasteiger partial charge in [0.05, 0.1) is 10.5 Å². The molecule has 2 aromatic carbocycles. The van der Waals surface area contributed by atoms with Gasteiger partial charge in [-0.2, -0.15) is 0 Å². The molecule has 22 heavy (non-hydrogen) atoms. The Bertz CT molecular complexity index is 765. The second-order valence-corrected chi connectivity index (χ2v) is 9.42. The highest BCUT2D eigenvalue weighted by Crippen LogP contribution is 2.24. The van der Waals surface area contributed by atoms with Crippen molar-refractivity contribution in [3.63, 3.8) is 0 Å². The van der Waals surface area contributed by atoms with Gasteiger partial charge in [0, 0.05) is 5.92 Å². The van der Waals surface area contributed by atoms with Crippen LogP contribution in [0.15, 0.2) is 42.5 Å². The average Bonchev–Trinajstić information content (AvgIpc) is 2.45. The zero-order valence-corrected chi connectivity index (χ0v) is 14.1. The lowest BCUT2D eigenvalue weighted by molar-refractivity contribution is -0.110. The van der Waals surface area contributed by atoms with Gasteiger partial charge in [0.15, 0.2) is 9.84 Å². The van der Waals surface area contributed by atoms with Crippen molar-refractivity contribution in [2.75, 3.05) is 5.75 Å². The quantitative estimate of drug-likeness (QED) is 0.794. The Labute approximate surface area is 132 Å². The molecule has 0 fully saturated rings. The highest BCUT2D eigenvalue weighted by molar-refractivity contribution is 7.92. The molecule has 118 valence electrons. The predicted octanol–water partition coefficient (Wildman–Crippen LogP) is 3.41. The maximum absolute atomic E-state index is 12.3. The number of sulfone groups is 1. The van der Waals surface area contributed by atoms with Crippen molar-refractivity contribution in [1.82, 2.24) is 0 Å². The Morgan fingerprint density at radius 2 is 1.68 bits per heavy atom. The summed E-state index contributed by atoms with van der Waals surface area (Å²) in [5.74, 6) is -0.626. The molecule has 0 aliphatic heterocycles. The molecule has 2 aromatic rings. The Morgan fingerprint density at radius 1 is 1.05 bits per heavy atom. The van der Waals surface area contributed by atoms with E-state index in [2.05, 4.69) is 0 Å². The largest absolute Gasteiger partial charge is 0.303 e. The monoisotopic (exact) mass is 318 g/mol. The van der Waals surface area contributed by atoms with Crippen LogP contribution in [0.4, 0.5) is 0 Å². The molecular weight excluding hydrogens is 296 g/mol. The highest BCUT2D eigenvalue weighted by atomic mass is 32.2. The normalized spacial score (nSPS) is 14.0. The van der Waals surface area contributed by atoms with E-state index in [1.807, 2.05) is 42.5 Å². The summed E-state index contributed by atoms with van der Waals surface area (Å²) in [6.45, 7) is 5.01. The summed E-state index contributed by atoms with van der Waals surface area (Å²) in [7, 11) is -3.31. The van der Waals surface area contributed by atoms with Crippen molar-refractivity contribution >= 4 is 26.9 Å². The summed E-state index contributed by atoms with van der Waals surface area (Å²) in [4.78, 5) is 11.4. The van der Waals surface area contributed by atoms with Crippen LogP contribution in [0.25, 0.3) is 10.8 Å². The van der Waals surface area contributed by atoms with E-state index in [0.29, 0.717) is 6.42 Å². The molecule has 0 bridgehead atoms. The predicted molar refractivity (Wildman–Crippen MR) is 90.7 cm³/mol. The fraction of sp³-hybridized carbons (Fsp3) is 0.389. The number of benzene rings is 2. The first-order valence-electron chi connectivity index (χ1n) is 7.39. The van der Waals surface area contributed by atoms with E-state index >= 15 is 0 Å². The smallest absolute Gasteiger partial charge is 0.155 e. The van der Waals surface area contributed by atoms with Crippen LogP contribution in [-0.4, -0.2) is 25.2 Å². The molecule has 0 aliphatic rings.